The summed E-state index contributed by atoms with van der Waals surface area (Å²) in [5, 5.41) is 2.91. The highest BCUT2D eigenvalue weighted by Crippen LogP contribution is 2.29. The van der Waals surface area contributed by atoms with Gasteiger partial charge in [-0.15, -0.1) is 0 Å². The van der Waals surface area contributed by atoms with Gasteiger partial charge in [-0.1, -0.05) is 44.2 Å². The van der Waals surface area contributed by atoms with Crippen molar-refractivity contribution >= 4 is 17.5 Å². The van der Waals surface area contributed by atoms with E-state index in [-0.39, 0.29) is 17.7 Å². The zero-order chi connectivity index (χ0) is 18.0. The van der Waals surface area contributed by atoms with Gasteiger partial charge in [0.15, 0.2) is 0 Å². The number of para-hydroxylation sites is 2. The van der Waals surface area contributed by atoms with Gasteiger partial charge >= 0.3 is 0 Å². The highest BCUT2D eigenvalue weighted by Gasteiger charge is 2.38. The highest BCUT2D eigenvalue weighted by molar-refractivity contribution is 6.04. The van der Waals surface area contributed by atoms with Crippen LogP contribution in [0.1, 0.15) is 29.8 Å². The summed E-state index contributed by atoms with van der Waals surface area (Å²) in [5.74, 6) is 0.271. The molecule has 2 aromatic carbocycles. The molecule has 1 heterocycles. The molecule has 3 rings (SSSR count). The molecule has 0 fully saturated rings. The molecule has 5 nitrogen and oxygen atoms in total. The standard InChI is InChI=1S/C20H22N2O3/c1-13(2)18(19(23)21-16-10-6-7-11-17(16)25-3)22-12-14-8-4-5-9-15(14)20(22)24/h4-11,13,18H,12H2,1-3H3,(H,21,23). The van der Waals surface area contributed by atoms with Crippen LogP contribution in [0, 0.1) is 5.92 Å². The number of fused-ring (bicyclic) bond motifs is 1. The van der Waals surface area contributed by atoms with Crippen LogP contribution in [-0.2, 0) is 11.3 Å². The van der Waals surface area contributed by atoms with E-state index in [2.05, 4.69) is 5.32 Å². The Labute approximate surface area is 147 Å². The first kappa shape index (κ1) is 17.0. The number of anilines is 1. The monoisotopic (exact) mass is 338 g/mol. The summed E-state index contributed by atoms with van der Waals surface area (Å²) in [6.45, 7) is 4.35. The predicted octanol–water partition coefficient (Wildman–Crippen LogP) is 3.31. The molecule has 0 saturated carbocycles. The maximum atomic E-state index is 12.9. The molecule has 1 unspecified atom stereocenters. The molecule has 2 aromatic rings. The lowest BCUT2D eigenvalue weighted by Crippen LogP contribution is -2.47. The minimum Gasteiger partial charge on any atom is -0.495 e. The molecule has 25 heavy (non-hydrogen) atoms. The maximum Gasteiger partial charge on any atom is 0.255 e. The third kappa shape index (κ3) is 3.22. The summed E-state index contributed by atoms with van der Waals surface area (Å²) in [4.78, 5) is 27.3. The van der Waals surface area contributed by atoms with Crippen molar-refractivity contribution in [3.05, 3.63) is 59.7 Å². The van der Waals surface area contributed by atoms with E-state index in [1.165, 1.54) is 0 Å². The van der Waals surface area contributed by atoms with E-state index >= 15 is 0 Å². The van der Waals surface area contributed by atoms with Gasteiger partial charge in [0.2, 0.25) is 5.91 Å². The molecule has 0 bridgehead atoms. The molecule has 1 aliphatic heterocycles. The van der Waals surface area contributed by atoms with Gasteiger partial charge < -0.3 is 15.0 Å². The first-order valence-corrected chi connectivity index (χ1v) is 8.35. The van der Waals surface area contributed by atoms with Crippen LogP contribution in [0.4, 0.5) is 5.69 Å². The molecule has 130 valence electrons. The molecular formula is C20H22N2O3. The second kappa shape index (κ2) is 6.97. The zero-order valence-corrected chi connectivity index (χ0v) is 14.7. The second-order valence-electron chi connectivity index (χ2n) is 6.47. The Morgan fingerprint density at radius 2 is 1.80 bits per heavy atom. The van der Waals surface area contributed by atoms with Crippen molar-refractivity contribution in [2.24, 2.45) is 5.92 Å². The van der Waals surface area contributed by atoms with Crippen LogP contribution < -0.4 is 10.1 Å². The summed E-state index contributed by atoms with van der Waals surface area (Å²) < 4.78 is 5.29. The fourth-order valence-electron chi connectivity index (χ4n) is 3.26. The van der Waals surface area contributed by atoms with E-state index < -0.39 is 6.04 Å². The molecule has 0 radical (unpaired) electrons. The normalized spacial score (nSPS) is 14.4. The number of hydrogen-bond acceptors (Lipinski definition) is 3. The smallest absolute Gasteiger partial charge is 0.255 e. The van der Waals surface area contributed by atoms with Crippen molar-refractivity contribution in [3.63, 3.8) is 0 Å². The van der Waals surface area contributed by atoms with Gasteiger partial charge in [-0.2, -0.15) is 0 Å². The van der Waals surface area contributed by atoms with E-state index in [1.807, 2.05) is 50.2 Å². The van der Waals surface area contributed by atoms with E-state index in [0.717, 1.165) is 5.56 Å². The Kier molecular flexibility index (Phi) is 4.74. The van der Waals surface area contributed by atoms with Gasteiger partial charge in [-0.3, -0.25) is 9.59 Å². The number of carbonyl (C=O) groups excluding carboxylic acids is 2. The number of ether oxygens (including phenoxy) is 1. The van der Waals surface area contributed by atoms with Gasteiger partial charge in [0, 0.05) is 12.1 Å². The average Bonchev–Trinajstić information content (AvgIpc) is 2.92. The van der Waals surface area contributed by atoms with E-state index in [0.29, 0.717) is 23.5 Å². The predicted molar refractivity (Wildman–Crippen MR) is 96.6 cm³/mol. The zero-order valence-electron chi connectivity index (χ0n) is 14.7. The Balaban J connectivity index is 1.85. The molecule has 1 atom stereocenters. The van der Waals surface area contributed by atoms with Crippen molar-refractivity contribution in [3.8, 4) is 5.75 Å². The van der Waals surface area contributed by atoms with E-state index in [4.69, 9.17) is 4.74 Å². The lowest BCUT2D eigenvalue weighted by atomic mass is 10.0. The third-order valence-electron chi connectivity index (χ3n) is 4.45. The fraction of sp³-hybridized carbons (Fsp3) is 0.300. The quantitative estimate of drug-likeness (QED) is 0.910. The van der Waals surface area contributed by atoms with Crippen LogP contribution in [0.2, 0.25) is 0 Å². The molecular weight excluding hydrogens is 316 g/mol. The number of methoxy groups -OCH3 is 1. The molecule has 0 aliphatic carbocycles. The Bertz CT molecular complexity index is 801. The van der Waals surface area contributed by atoms with Crippen LogP contribution in [-0.4, -0.2) is 29.9 Å². The van der Waals surface area contributed by atoms with Gasteiger partial charge in [-0.05, 0) is 29.7 Å². The molecule has 2 amide bonds. The Morgan fingerprint density at radius 3 is 2.48 bits per heavy atom. The first-order chi connectivity index (χ1) is 12.0. The second-order valence-corrected chi connectivity index (χ2v) is 6.47. The summed E-state index contributed by atoms with van der Waals surface area (Å²) in [7, 11) is 1.56. The van der Waals surface area contributed by atoms with Crippen molar-refractivity contribution in [2.75, 3.05) is 12.4 Å². The van der Waals surface area contributed by atoms with Gasteiger partial charge in [-0.25, -0.2) is 0 Å². The molecule has 5 heteroatoms. The van der Waals surface area contributed by atoms with E-state index in [1.54, 1.807) is 24.1 Å². The van der Waals surface area contributed by atoms with Gasteiger partial charge in [0.05, 0.1) is 12.8 Å². The minimum absolute atomic E-state index is 0.0204. The number of carbonyl (C=O) groups is 2. The summed E-state index contributed by atoms with van der Waals surface area (Å²) in [6.07, 6.45) is 0. The van der Waals surface area contributed by atoms with Crippen molar-refractivity contribution in [1.82, 2.24) is 4.90 Å². The summed E-state index contributed by atoms with van der Waals surface area (Å²) >= 11 is 0. The Hall–Kier alpha value is -2.82. The number of amides is 2. The highest BCUT2D eigenvalue weighted by atomic mass is 16.5. The number of benzene rings is 2. The summed E-state index contributed by atoms with van der Waals surface area (Å²) in [6, 6.07) is 14.2. The average molecular weight is 338 g/mol. The fourth-order valence-corrected chi connectivity index (χ4v) is 3.26. The van der Waals surface area contributed by atoms with Crippen molar-refractivity contribution in [1.29, 1.82) is 0 Å². The molecule has 1 aliphatic rings. The van der Waals surface area contributed by atoms with Crippen LogP contribution in [0.25, 0.3) is 0 Å². The van der Waals surface area contributed by atoms with Crippen LogP contribution in [0.15, 0.2) is 48.5 Å². The molecule has 1 N–H and O–H groups in total. The number of hydrogen-bond donors (Lipinski definition) is 1. The van der Waals surface area contributed by atoms with Gasteiger partial charge in [0.25, 0.3) is 5.91 Å². The molecule has 0 aromatic heterocycles. The number of nitrogens with one attached hydrogen (secondary N) is 1. The van der Waals surface area contributed by atoms with Crippen LogP contribution in [0.3, 0.4) is 0 Å². The molecule has 0 saturated heterocycles. The molecule has 0 spiro atoms. The van der Waals surface area contributed by atoms with E-state index in [9.17, 15) is 9.59 Å². The topological polar surface area (TPSA) is 58.6 Å². The maximum absolute atomic E-state index is 12.9. The number of nitrogens with zero attached hydrogens (tertiary/aromatic N) is 1. The van der Waals surface area contributed by atoms with Gasteiger partial charge in [0.1, 0.15) is 11.8 Å². The summed E-state index contributed by atoms with van der Waals surface area (Å²) in [5.41, 5.74) is 2.24. The third-order valence-corrected chi connectivity index (χ3v) is 4.45. The lowest BCUT2D eigenvalue weighted by Gasteiger charge is -2.30. The SMILES string of the molecule is COc1ccccc1NC(=O)C(C(C)C)N1Cc2ccccc2C1=O. The largest absolute Gasteiger partial charge is 0.495 e. The lowest BCUT2D eigenvalue weighted by molar-refractivity contribution is -0.122. The number of rotatable bonds is 5. The van der Waals surface area contributed by atoms with Crippen LogP contribution >= 0.6 is 0 Å². The van der Waals surface area contributed by atoms with Crippen LogP contribution in [0.5, 0.6) is 5.75 Å². The Morgan fingerprint density at radius 1 is 1.12 bits per heavy atom. The van der Waals surface area contributed by atoms with Crippen molar-refractivity contribution in [2.45, 2.75) is 26.4 Å². The van der Waals surface area contributed by atoms with Crippen molar-refractivity contribution < 1.29 is 14.3 Å². The first-order valence-electron chi connectivity index (χ1n) is 8.35. The minimum atomic E-state index is -0.551.